The van der Waals surface area contributed by atoms with Gasteiger partial charge in [0.15, 0.2) is 0 Å². The Bertz CT molecular complexity index is 872. The van der Waals surface area contributed by atoms with Crippen LogP contribution >= 0.6 is 0 Å². The second kappa shape index (κ2) is 8.04. The van der Waals surface area contributed by atoms with Crippen LogP contribution < -0.4 is 10.1 Å². The summed E-state index contributed by atoms with van der Waals surface area (Å²) in [6.07, 6.45) is -4.80. The summed E-state index contributed by atoms with van der Waals surface area (Å²) in [6, 6.07) is 8.87. The third kappa shape index (κ3) is 4.35. The highest BCUT2D eigenvalue weighted by atomic mass is 19.4. The van der Waals surface area contributed by atoms with Crippen LogP contribution in [-0.2, 0) is 0 Å². The maximum absolute atomic E-state index is 13.8. The lowest BCUT2D eigenvalue weighted by Gasteiger charge is -2.36. The predicted octanol–water partition coefficient (Wildman–Crippen LogP) is 3.30. The average Bonchev–Trinajstić information content (AvgIpc) is 2.65. The monoisotopic (exact) mass is 395 g/mol. The minimum absolute atomic E-state index is 0.310. The van der Waals surface area contributed by atoms with Crippen LogP contribution in [0.25, 0.3) is 0 Å². The van der Waals surface area contributed by atoms with Gasteiger partial charge in [-0.1, -0.05) is 18.2 Å². The maximum atomic E-state index is 13.8. The molecule has 0 radical (unpaired) electrons. The van der Waals surface area contributed by atoms with Crippen molar-refractivity contribution in [3.8, 4) is 17.6 Å². The van der Waals surface area contributed by atoms with Crippen molar-refractivity contribution in [2.45, 2.75) is 12.4 Å². The van der Waals surface area contributed by atoms with Gasteiger partial charge in [-0.15, -0.1) is 13.2 Å². The molecule has 2 aromatic carbocycles. The lowest BCUT2D eigenvalue weighted by atomic mass is 9.93. The molecule has 0 aliphatic carbocycles. The van der Waals surface area contributed by atoms with Gasteiger partial charge in [0.05, 0.1) is 6.04 Å². The van der Waals surface area contributed by atoms with Crippen molar-refractivity contribution >= 4 is 0 Å². The van der Waals surface area contributed by atoms with Gasteiger partial charge in [0, 0.05) is 31.7 Å². The molecule has 1 aliphatic rings. The van der Waals surface area contributed by atoms with Crippen molar-refractivity contribution in [2.75, 3.05) is 26.2 Å². The third-order valence-electron chi connectivity index (χ3n) is 4.51. The molecule has 1 aliphatic heterocycles. The number of phenolic OH excluding ortho intramolecular Hbond substituents is 1. The molecule has 2 aromatic rings. The van der Waals surface area contributed by atoms with Gasteiger partial charge in [-0.25, -0.2) is 4.39 Å². The summed E-state index contributed by atoms with van der Waals surface area (Å²) >= 11 is 0. The van der Waals surface area contributed by atoms with E-state index in [9.17, 15) is 22.7 Å². The second-order valence-corrected chi connectivity index (χ2v) is 6.28. The quantitative estimate of drug-likeness (QED) is 0.778. The fraction of sp³-hybridized carbons (Fsp3) is 0.316. The van der Waals surface area contributed by atoms with E-state index >= 15 is 0 Å². The van der Waals surface area contributed by atoms with E-state index in [0.717, 1.165) is 6.07 Å². The molecule has 28 heavy (non-hydrogen) atoms. The minimum Gasteiger partial charge on any atom is -0.506 e. The lowest BCUT2D eigenvalue weighted by molar-refractivity contribution is -0.274. The van der Waals surface area contributed by atoms with E-state index in [1.54, 1.807) is 6.07 Å². The van der Waals surface area contributed by atoms with Gasteiger partial charge in [0.2, 0.25) is 0 Å². The molecule has 5 nitrogen and oxygen atoms in total. The van der Waals surface area contributed by atoms with E-state index in [-0.39, 0.29) is 5.75 Å². The van der Waals surface area contributed by atoms with E-state index in [1.807, 2.05) is 4.90 Å². The summed E-state index contributed by atoms with van der Waals surface area (Å²) < 4.78 is 54.9. The number of hydrogen-bond acceptors (Lipinski definition) is 5. The second-order valence-electron chi connectivity index (χ2n) is 6.28. The third-order valence-corrected chi connectivity index (χ3v) is 4.51. The Hall–Kier alpha value is -2.83. The van der Waals surface area contributed by atoms with Gasteiger partial charge in [-0.2, -0.15) is 5.26 Å². The summed E-state index contributed by atoms with van der Waals surface area (Å²) in [7, 11) is 0. The number of aromatic hydroxyl groups is 1. The zero-order valence-corrected chi connectivity index (χ0v) is 14.6. The molecule has 1 atom stereocenters. The van der Waals surface area contributed by atoms with Crippen LogP contribution in [0.2, 0.25) is 0 Å². The Morgan fingerprint density at radius 3 is 2.32 bits per heavy atom. The number of halogens is 4. The van der Waals surface area contributed by atoms with Gasteiger partial charge in [0.1, 0.15) is 28.9 Å². The fourth-order valence-corrected chi connectivity index (χ4v) is 3.29. The smallest absolute Gasteiger partial charge is 0.506 e. The van der Waals surface area contributed by atoms with E-state index in [4.69, 9.17) is 5.26 Å². The summed E-state index contributed by atoms with van der Waals surface area (Å²) in [6.45, 7) is 2.56. The van der Waals surface area contributed by atoms with E-state index < -0.39 is 29.5 Å². The minimum atomic E-state index is -4.80. The predicted molar refractivity (Wildman–Crippen MR) is 92.2 cm³/mol. The summed E-state index contributed by atoms with van der Waals surface area (Å²) in [5.41, 5.74) is 0.432. The first-order valence-electron chi connectivity index (χ1n) is 8.52. The van der Waals surface area contributed by atoms with Crippen LogP contribution in [0, 0.1) is 17.1 Å². The molecular weight excluding hydrogens is 378 g/mol. The molecule has 0 amide bonds. The van der Waals surface area contributed by atoms with Crippen LogP contribution in [0.5, 0.6) is 11.5 Å². The average molecular weight is 395 g/mol. The molecular formula is C19H17F4N3O2. The van der Waals surface area contributed by atoms with Crippen molar-refractivity contribution in [3.05, 3.63) is 58.9 Å². The van der Waals surface area contributed by atoms with Crippen LogP contribution in [0.15, 0.2) is 36.4 Å². The molecule has 1 fully saturated rings. The first kappa shape index (κ1) is 19.9. The Balaban J connectivity index is 2.02. The highest BCUT2D eigenvalue weighted by Crippen LogP contribution is 2.38. The maximum Gasteiger partial charge on any atom is 0.573 e. The van der Waals surface area contributed by atoms with Crippen molar-refractivity contribution in [1.29, 1.82) is 5.26 Å². The topological polar surface area (TPSA) is 68.5 Å². The fourth-order valence-electron chi connectivity index (χ4n) is 3.29. The first-order chi connectivity index (χ1) is 13.3. The van der Waals surface area contributed by atoms with Gasteiger partial charge in [-0.05, 0) is 23.8 Å². The number of phenols is 1. The van der Waals surface area contributed by atoms with Crippen molar-refractivity contribution in [1.82, 2.24) is 10.2 Å². The van der Waals surface area contributed by atoms with E-state index in [2.05, 4.69) is 10.1 Å². The number of alkyl halides is 3. The molecule has 0 spiro atoms. The number of ether oxygens (including phenoxy) is 1. The Morgan fingerprint density at radius 1 is 1.11 bits per heavy atom. The van der Waals surface area contributed by atoms with Crippen LogP contribution in [-0.4, -0.2) is 42.5 Å². The SMILES string of the molecule is N#Cc1c(F)ccc([C@@H](c2ccc(OC(F)(F)F)cc2)N2CCNCC2)c1O. The number of rotatable bonds is 4. The van der Waals surface area contributed by atoms with Crippen molar-refractivity contribution in [2.24, 2.45) is 0 Å². The summed E-state index contributed by atoms with van der Waals surface area (Å²) in [5.74, 6) is -1.67. The van der Waals surface area contributed by atoms with Gasteiger partial charge in [-0.3, -0.25) is 4.90 Å². The number of nitrogens with zero attached hydrogens (tertiary/aromatic N) is 2. The Kier molecular flexibility index (Phi) is 5.72. The molecule has 1 saturated heterocycles. The highest BCUT2D eigenvalue weighted by Gasteiger charge is 2.32. The van der Waals surface area contributed by atoms with E-state index in [1.165, 1.54) is 30.3 Å². The first-order valence-corrected chi connectivity index (χ1v) is 8.52. The number of hydrogen-bond donors (Lipinski definition) is 2. The standard InChI is InChI=1S/C19H17F4N3O2/c20-16-6-5-14(18(27)15(16)11-24)17(26-9-7-25-8-10-26)12-1-3-13(4-2-12)28-19(21,22)23/h1-6,17,25,27H,7-10H2/t17-/m1/s1. The van der Waals surface area contributed by atoms with E-state index in [0.29, 0.717) is 37.3 Å². The molecule has 0 saturated carbocycles. The molecule has 0 aromatic heterocycles. The van der Waals surface area contributed by atoms with Gasteiger partial charge >= 0.3 is 6.36 Å². The molecule has 1 heterocycles. The number of benzene rings is 2. The molecule has 148 valence electrons. The summed E-state index contributed by atoms with van der Waals surface area (Å²) in [5, 5.41) is 22.8. The Morgan fingerprint density at radius 2 is 1.75 bits per heavy atom. The summed E-state index contributed by atoms with van der Waals surface area (Å²) in [4.78, 5) is 2.00. The van der Waals surface area contributed by atoms with Crippen LogP contribution in [0.3, 0.4) is 0 Å². The lowest BCUT2D eigenvalue weighted by Crippen LogP contribution is -2.45. The number of nitriles is 1. The molecule has 3 rings (SSSR count). The Labute approximate surface area is 158 Å². The normalized spacial score (nSPS) is 16.4. The molecule has 0 bridgehead atoms. The van der Waals surface area contributed by atoms with Crippen LogP contribution in [0.1, 0.15) is 22.7 Å². The highest BCUT2D eigenvalue weighted by molar-refractivity contribution is 5.52. The molecule has 9 heteroatoms. The largest absolute Gasteiger partial charge is 0.573 e. The van der Waals surface area contributed by atoms with Crippen molar-refractivity contribution < 1.29 is 27.4 Å². The zero-order valence-electron chi connectivity index (χ0n) is 14.6. The zero-order chi connectivity index (χ0) is 20.3. The molecule has 2 N–H and O–H groups in total. The van der Waals surface area contributed by atoms with Gasteiger partial charge < -0.3 is 15.2 Å². The van der Waals surface area contributed by atoms with Crippen molar-refractivity contribution in [3.63, 3.8) is 0 Å². The van der Waals surface area contributed by atoms with Gasteiger partial charge in [0.25, 0.3) is 0 Å². The van der Waals surface area contributed by atoms with Crippen LogP contribution in [0.4, 0.5) is 17.6 Å². The molecule has 0 unspecified atom stereocenters. The number of nitrogens with one attached hydrogen (secondary N) is 1. The number of piperazine rings is 1.